The van der Waals surface area contributed by atoms with E-state index >= 15 is 0 Å². The highest BCUT2D eigenvalue weighted by atomic mass is 16.5. The smallest absolute Gasteiger partial charge is 0.235 e. The summed E-state index contributed by atoms with van der Waals surface area (Å²) in [6.45, 7) is 3.66. The Morgan fingerprint density at radius 1 is 0.804 bits per heavy atom. The van der Waals surface area contributed by atoms with E-state index in [0.717, 1.165) is 11.1 Å². The first kappa shape index (κ1) is 32.2. The first-order valence-corrected chi connectivity index (χ1v) is 15.0. The van der Waals surface area contributed by atoms with Crippen LogP contribution in [-0.4, -0.2) is 42.5 Å². The molecule has 46 heavy (non-hydrogen) atoms. The maximum Gasteiger partial charge on any atom is 0.235 e. The Labute approximate surface area is 268 Å². The number of aliphatic hydroxyl groups is 1. The van der Waals surface area contributed by atoms with Gasteiger partial charge in [0.25, 0.3) is 0 Å². The number of methoxy groups -OCH3 is 2. The Morgan fingerprint density at radius 2 is 1.37 bits per heavy atom. The number of carbonyl (C=O) groups is 3. The van der Waals surface area contributed by atoms with E-state index in [9.17, 15) is 19.5 Å². The highest BCUT2D eigenvalue weighted by molar-refractivity contribution is 6.11. The minimum absolute atomic E-state index is 0.214. The standard InChI is InChI=1S/C37H38N2O7/c1-23-12-11-13-24(20-23)22-46-29-17-8-5-14-25(29)32-33(35(41)38-26-15-6-9-18-30(26)44-3)28(40)21-37(2,43)34(32)36(42)39-27-16-7-10-19-31(27)45-4/h5-20,32-34,43H,21-22H2,1-4H3,(H,38,41)(H,39,42). The number of para-hydroxylation sites is 5. The number of ketones is 1. The Kier molecular flexibility index (Phi) is 9.72. The number of rotatable bonds is 10. The molecule has 5 rings (SSSR count). The van der Waals surface area contributed by atoms with Crippen LogP contribution in [0, 0.1) is 18.8 Å². The molecular weight excluding hydrogens is 584 g/mol. The topological polar surface area (TPSA) is 123 Å². The molecule has 9 nitrogen and oxygen atoms in total. The Hall–Kier alpha value is -5.15. The van der Waals surface area contributed by atoms with Gasteiger partial charge in [0.05, 0.1) is 37.1 Å². The van der Waals surface area contributed by atoms with Crippen LogP contribution < -0.4 is 24.8 Å². The van der Waals surface area contributed by atoms with E-state index < -0.39 is 47.4 Å². The monoisotopic (exact) mass is 622 g/mol. The first-order valence-electron chi connectivity index (χ1n) is 15.0. The van der Waals surface area contributed by atoms with E-state index in [-0.39, 0.29) is 6.61 Å². The minimum Gasteiger partial charge on any atom is -0.495 e. The number of amides is 2. The van der Waals surface area contributed by atoms with Crippen molar-refractivity contribution in [2.45, 2.75) is 38.4 Å². The lowest BCUT2D eigenvalue weighted by atomic mass is 9.61. The molecule has 4 aromatic rings. The van der Waals surface area contributed by atoms with Gasteiger partial charge in [-0.3, -0.25) is 14.4 Å². The van der Waals surface area contributed by atoms with Crippen molar-refractivity contribution in [3.8, 4) is 17.2 Å². The van der Waals surface area contributed by atoms with Gasteiger partial charge in [-0.15, -0.1) is 0 Å². The van der Waals surface area contributed by atoms with Crippen molar-refractivity contribution >= 4 is 29.0 Å². The number of ether oxygens (including phenoxy) is 3. The predicted octanol–water partition coefficient (Wildman–Crippen LogP) is 5.91. The van der Waals surface area contributed by atoms with Gasteiger partial charge in [-0.1, -0.05) is 72.3 Å². The first-order chi connectivity index (χ1) is 22.1. The Bertz CT molecular complexity index is 1730. The third-order valence-corrected chi connectivity index (χ3v) is 8.32. The van der Waals surface area contributed by atoms with Crippen molar-refractivity contribution in [3.05, 3.63) is 114 Å². The van der Waals surface area contributed by atoms with Gasteiger partial charge < -0.3 is 30.0 Å². The molecular formula is C37H38N2O7. The molecule has 2 amide bonds. The molecule has 4 aromatic carbocycles. The molecule has 4 atom stereocenters. The molecule has 238 valence electrons. The lowest BCUT2D eigenvalue weighted by Crippen LogP contribution is -2.56. The van der Waals surface area contributed by atoms with Crippen molar-refractivity contribution in [2.75, 3.05) is 24.9 Å². The fourth-order valence-electron chi connectivity index (χ4n) is 6.23. The van der Waals surface area contributed by atoms with Crippen LogP contribution in [0.4, 0.5) is 11.4 Å². The van der Waals surface area contributed by atoms with Crippen molar-refractivity contribution in [1.29, 1.82) is 0 Å². The molecule has 1 aliphatic rings. The maximum absolute atomic E-state index is 14.3. The Balaban J connectivity index is 1.60. The average molecular weight is 623 g/mol. The molecule has 4 unspecified atom stereocenters. The van der Waals surface area contributed by atoms with Crippen molar-refractivity contribution in [3.63, 3.8) is 0 Å². The van der Waals surface area contributed by atoms with E-state index in [4.69, 9.17) is 14.2 Å². The number of nitrogens with one attached hydrogen (secondary N) is 2. The van der Waals surface area contributed by atoms with Crippen LogP contribution in [0.5, 0.6) is 17.2 Å². The van der Waals surface area contributed by atoms with Gasteiger partial charge in [-0.2, -0.15) is 0 Å². The molecule has 0 radical (unpaired) electrons. The third kappa shape index (κ3) is 6.89. The molecule has 1 aliphatic carbocycles. The number of hydrogen-bond acceptors (Lipinski definition) is 7. The lowest BCUT2D eigenvalue weighted by molar-refractivity contribution is -0.150. The van der Waals surface area contributed by atoms with E-state index in [0.29, 0.717) is 34.2 Å². The fourth-order valence-corrected chi connectivity index (χ4v) is 6.23. The van der Waals surface area contributed by atoms with E-state index in [2.05, 4.69) is 10.6 Å². The second kappa shape index (κ2) is 13.9. The predicted molar refractivity (Wildman–Crippen MR) is 175 cm³/mol. The molecule has 0 aromatic heterocycles. The van der Waals surface area contributed by atoms with Crippen molar-refractivity contribution in [2.24, 2.45) is 11.8 Å². The number of Topliss-reactive ketones (excluding diaryl/α,β-unsaturated/α-hetero) is 1. The molecule has 0 heterocycles. The van der Waals surface area contributed by atoms with E-state index in [1.54, 1.807) is 72.8 Å². The largest absolute Gasteiger partial charge is 0.495 e. The van der Waals surface area contributed by atoms with Gasteiger partial charge in [0.2, 0.25) is 11.8 Å². The van der Waals surface area contributed by atoms with Gasteiger partial charge >= 0.3 is 0 Å². The summed E-state index contributed by atoms with van der Waals surface area (Å²) < 4.78 is 17.2. The van der Waals surface area contributed by atoms with E-state index in [1.165, 1.54) is 21.1 Å². The summed E-state index contributed by atoms with van der Waals surface area (Å²) in [5.41, 5.74) is 1.41. The molecule has 0 spiro atoms. The molecule has 3 N–H and O–H groups in total. The van der Waals surface area contributed by atoms with Crippen molar-refractivity contribution < 1.29 is 33.7 Å². The van der Waals surface area contributed by atoms with Crippen molar-refractivity contribution in [1.82, 2.24) is 0 Å². The van der Waals surface area contributed by atoms with Gasteiger partial charge in [0.1, 0.15) is 35.6 Å². The quantitative estimate of drug-likeness (QED) is 0.188. The molecule has 0 saturated heterocycles. The van der Waals surface area contributed by atoms with Gasteiger partial charge in [0, 0.05) is 12.3 Å². The molecule has 1 fully saturated rings. The molecule has 9 heteroatoms. The van der Waals surface area contributed by atoms with Gasteiger partial charge in [-0.25, -0.2) is 0 Å². The zero-order chi connectivity index (χ0) is 32.8. The number of hydrogen-bond donors (Lipinski definition) is 3. The average Bonchev–Trinajstić information content (AvgIpc) is 3.03. The number of anilines is 2. The normalized spacial score (nSPS) is 20.8. The van der Waals surface area contributed by atoms with Crippen LogP contribution in [0.2, 0.25) is 0 Å². The second-order valence-corrected chi connectivity index (χ2v) is 11.7. The summed E-state index contributed by atoms with van der Waals surface area (Å²) in [5, 5.41) is 17.5. The van der Waals surface area contributed by atoms with Crippen LogP contribution in [0.15, 0.2) is 97.1 Å². The molecule has 1 saturated carbocycles. The zero-order valence-corrected chi connectivity index (χ0v) is 26.3. The van der Waals surface area contributed by atoms with Crippen LogP contribution in [0.3, 0.4) is 0 Å². The maximum atomic E-state index is 14.3. The second-order valence-electron chi connectivity index (χ2n) is 11.7. The number of benzene rings is 4. The number of aryl methyl sites for hydroxylation is 1. The lowest BCUT2D eigenvalue weighted by Gasteiger charge is -2.44. The highest BCUT2D eigenvalue weighted by Gasteiger charge is 2.56. The van der Waals surface area contributed by atoms with Crippen LogP contribution in [0.1, 0.15) is 36.0 Å². The SMILES string of the molecule is COc1ccccc1NC(=O)C1C(=O)CC(C)(O)C(C(=O)Nc2ccccc2OC)C1c1ccccc1OCc1cccc(C)c1. The fraction of sp³-hybridized carbons (Fsp3) is 0.270. The summed E-state index contributed by atoms with van der Waals surface area (Å²) >= 11 is 0. The molecule has 0 bridgehead atoms. The molecule has 0 aliphatic heterocycles. The van der Waals surface area contributed by atoms with Crippen LogP contribution >= 0.6 is 0 Å². The summed E-state index contributed by atoms with van der Waals surface area (Å²) in [5.74, 6) is -4.17. The zero-order valence-electron chi connectivity index (χ0n) is 26.3. The third-order valence-electron chi connectivity index (χ3n) is 8.32. The minimum atomic E-state index is -1.81. The van der Waals surface area contributed by atoms with Gasteiger partial charge in [0.15, 0.2) is 0 Å². The highest BCUT2D eigenvalue weighted by Crippen LogP contribution is 2.49. The summed E-state index contributed by atoms with van der Waals surface area (Å²) in [6, 6.07) is 28.6. The van der Waals surface area contributed by atoms with Gasteiger partial charge in [-0.05, 0) is 55.3 Å². The Morgan fingerprint density at radius 3 is 1.98 bits per heavy atom. The number of carbonyl (C=O) groups excluding carboxylic acids is 3. The summed E-state index contributed by atoms with van der Waals surface area (Å²) in [6.07, 6.45) is -0.413. The van der Waals surface area contributed by atoms with Crippen LogP contribution in [0.25, 0.3) is 0 Å². The summed E-state index contributed by atoms with van der Waals surface area (Å²) in [4.78, 5) is 42.3. The van der Waals surface area contributed by atoms with E-state index in [1.807, 2.05) is 31.2 Å². The summed E-state index contributed by atoms with van der Waals surface area (Å²) in [7, 11) is 2.97. The van der Waals surface area contributed by atoms with Crippen LogP contribution in [-0.2, 0) is 21.0 Å².